The summed E-state index contributed by atoms with van der Waals surface area (Å²) in [6, 6.07) is 7.32. The number of terminal acetylenes is 1. The SMILES string of the molecule is C#CCOC(=O)C(C)O[13c]1[13cH][13cH][13c](Oc2ncc(Cl)cc2F)[13cH][13cH]1. The number of ether oxygens (including phenoxy) is 3. The Morgan fingerprint density at radius 1 is 1.38 bits per heavy atom. The zero-order chi connectivity index (χ0) is 17.5. The molecule has 0 bridgehead atoms. The summed E-state index contributed by atoms with van der Waals surface area (Å²) in [5.41, 5.74) is 0. The van der Waals surface area contributed by atoms with Gasteiger partial charge in [-0.15, -0.1) is 6.42 Å². The average Bonchev–Trinajstić information content (AvgIpc) is 2.56. The van der Waals surface area contributed by atoms with E-state index in [-0.39, 0.29) is 17.5 Å². The minimum atomic E-state index is -0.819. The van der Waals surface area contributed by atoms with E-state index in [0.29, 0.717) is 11.5 Å². The molecule has 0 saturated carbocycles. The maximum Gasteiger partial charge on any atom is 0.347 e. The first-order chi connectivity index (χ1) is 11.5. The smallest absolute Gasteiger partial charge is 0.347 e. The summed E-state index contributed by atoms with van der Waals surface area (Å²) < 4.78 is 29.1. The minimum Gasteiger partial charge on any atom is -0.479 e. The number of aromatic nitrogens is 1. The predicted octanol–water partition coefficient (Wildman–Crippen LogP) is 3.61. The first kappa shape index (κ1) is 17.6. The van der Waals surface area contributed by atoms with Gasteiger partial charge in [-0.05, 0) is 37.3 Å². The number of halogens is 2. The first-order valence-corrected chi connectivity index (χ1v) is 7.23. The highest BCUT2D eigenvalue weighted by Gasteiger charge is 2.16. The van der Waals surface area contributed by atoms with Crippen LogP contribution in [0.1, 0.15) is 6.92 Å². The number of pyridine rings is 1. The zero-order valence-corrected chi connectivity index (χ0v) is 13.4. The summed E-state index contributed by atoms with van der Waals surface area (Å²) in [5, 5.41) is 0.175. The molecule has 0 aliphatic carbocycles. The molecule has 124 valence electrons. The largest absolute Gasteiger partial charge is 0.479 e. The number of rotatable bonds is 6. The number of hydrogen-bond acceptors (Lipinski definition) is 5. The molecule has 2 rings (SSSR count). The fourth-order valence-corrected chi connectivity index (χ4v) is 1.80. The topological polar surface area (TPSA) is 57.7 Å². The lowest BCUT2D eigenvalue weighted by molar-refractivity contribution is -0.149. The third-order valence-corrected chi connectivity index (χ3v) is 2.96. The van der Waals surface area contributed by atoms with E-state index in [1.807, 2.05) is 0 Å². The van der Waals surface area contributed by atoms with Crippen molar-refractivity contribution in [2.45, 2.75) is 13.0 Å². The van der Waals surface area contributed by atoms with Crippen molar-refractivity contribution in [3.8, 4) is 29.7 Å². The Kier molecular flexibility index (Phi) is 5.99. The summed E-state index contributed by atoms with van der Waals surface area (Å²) in [5.74, 6) is 1.52. The number of nitrogens with zero attached hydrogens (tertiary/aromatic N) is 1. The molecular weight excluding hydrogens is 343 g/mol. The van der Waals surface area contributed by atoms with Crippen molar-refractivity contribution < 1.29 is 23.4 Å². The van der Waals surface area contributed by atoms with Crippen molar-refractivity contribution in [3.05, 3.63) is 47.4 Å². The van der Waals surface area contributed by atoms with Crippen molar-refractivity contribution in [1.29, 1.82) is 0 Å². The van der Waals surface area contributed by atoms with Crippen molar-refractivity contribution in [1.82, 2.24) is 4.98 Å². The Labute approximate surface area is 143 Å². The highest BCUT2D eigenvalue weighted by Crippen LogP contribution is 2.26. The molecule has 1 aromatic heterocycles. The maximum absolute atomic E-state index is 13.6. The van der Waals surface area contributed by atoms with E-state index in [1.54, 1.807) is 24.3 Å². The Balaban J connectivity index is 1.98. The quantitative estimate of drug-likeness (QED) is 0.585. The van der Waals surface area contributed by atoms with Gasteiger partial charge < -0.3 is 14.2 Å². The zero-order valence-electron chi connectivity index (χ0n) is 12.7. The summed E-state index contributed by atoms with van der Waals surface area (Å²) in [7, 11) is 0. The lowest BCUT2D eigenvalue weighted by atomic mass is 10.4. The fourth-order valence-electron chi connectivity index (χ4n) is 1.66. The Morgan fingerprint density at radius 3 is 2.67 bits per heavy atom. The molecule has 1 aromatic carbocycles. The number of benzene rings is 1. The van der Waals surface area contributed by atoms with E-state index in [9.17, 15) is 9.18 Å². The Hall–Kier alpha value is -2.78. The van der Waals surface area contributed by atoms with Gasteiger partial charge in [0.1, 0.15) is 11.5 Å². The molecule has 1 unspecified atom stereocenters. The van der Waals surface area contributed by atoms with Crippen LogP contribution < -0.4 is 9.47 Å². The molecule has 0 aliphatic heterocycles. The lowest BCUT2D eigenvalue weighted by Crippen LogP contribution is -2.26. The van der Waals surface area contributed by atoms with Gasteiger partial charge in [-0.25, -0.2) is 14.2 Å². The number of esters is 1. The van der Waals surface area contributed by atoms with Crippen molar-refractivity contribution in [2.75, 3.05) is 6.61 Å². The van der Waals surface area contributed by atoms with Gasteiger partial charge in [0, 0.05) is 6.20 Å². The third kappa shape index (κ3) is 4.86. The molecule has 1 heterocycles. The van der Waals surface area contributed by atoms with Gasteiger partial charge in [0.2, 0.25) is 0 Å². The van der Waals surface area contributed by atoms with Crippen LogP contribution in [0.15, 0.2) is 36.5 Å². The molecule has 7 heteroatoms. The molecule has 0 aliphatic rings. The molecule has 0 fully saturated rings. The summed E-state index contributed by atoms with van der Waals surface area (Å²) in [6.45, 7) is 1.43. The molecule has 2 aromatic rings. The van der Waals surface area contributed by atoms with E-state index < -0.39 is 17.9 Å². The van der Waals surface area contributed by atoms with Crippen LogP contribution >= 0.6 is 11.6 Å². The highest BCUT2D eigenvalue weighted by molar-refractivity contribution is 6.30. The van der Waals surface area contributed by atoms with Crippen LogP contribution in [-0.4, -0.2) is 23.7 Å². The Morgan fingerprint density at radius 2 is 2.04 bits per heavy atom. The van der Waals surface area contributed by atoms with Crippen LogP contribution in [0.2, 0.25) is 5.02 Å². The second kappa shape index (κ2) is 8.18. The second-order valence-electron chi connectivity index (χ2n) is 4.59. The normalized spacial score (nSPS) is 11.2. The lowest BCUT2D eigenvalue weighted by Gasteiger charge is -2.13. The van der Waals surface area contributed by atoms with Gasteiger partial charge in [-0.2, -0.15) is 0 Å². The predicted molar refractivity (Wildman–Crippen MR) is 85.6 cm³/mol. The maximum atomic E-state index is 13.6. The van der Waals surface area contributed by atoms with E-state index in [0.717, 1.165) is 6.07 Å². The standard InChI is InChI=1S/C17H13ClFNO4/c1-3-8-22-17(21)11(2)23-13-4-6-14(7-5-13)24-16-15(19)9-12(18)10-20-16/h1,4-7,9-11H,8H2,2H3/i4+1,5+1,6+1,7+1,13+1,14+1. The molecule has 5 nitrogen and oxygen atoms in total. The van der Waals surface area contributed by atoms with Gasteiger partial charge in [-0.3, -0.25) is 0 Å². The molecule has 0 amide bonds. The Bertz CT molecular complexity index is 758. The van der Waals surface area contributed by atoms with Gasteiger partial charge in [0.05, 0.1) is 5.02 Å². The van der Waals surface area contributed by atoms with Crippen LogP contribution in [0.3, 0.4) is 0 Å². The highest BCUT2D eigenvalue weighted by atomic mass is 35.5. The van der Waals surface area contributed by atoms with E-state index in [2.05, 4.69) is 10.9 Å². The molecule has 24 heavy (non-hydrogen) atoms. The third-order valence-electron chi connectivity index (χ3n) is 2.75. The van der Waals surface area contributed by atoms with Crippen molar-refractivity contribution in [2.24, 2.45) is 0 Å². The fraction of sp³-hybridized carbons (Fsp3) is 0.176. The second-order valence-corrected chi connectivity index (χ2v) is 5.02. The number of carbonyl (C=O) groups excluding carboxylic acids is 1. The molecule has 0 N–H and O–H groups in total. The molecule has 0 saturated heterocycles. The molecule has 0 spiro atoms. The summed E-state index contributed by atoms with van der Waals surface area (Å²) in [4.78, 5) is 15.3. The number of carbonyl (C=O) groups is 1. The van der Waals surface area contributed by atoms with Crippen molar-refractivity contribution >= 4 is 17.6 Å². The van der Waals surface area contributed by atoms with Gasteiger partial charge in [-0.1, -0.05) is 17.5 Å². The van der Waals surface area contributed by atoms with E-state index >= 15 is 0 Å². The first-order valence-electron chi connectivity index (χ1n) is 6.85. The minimum absolute atomic E-state index is 0.112. The number of hydrogen-bond donors (Lipinski definition) is 0. The van der Waals surface area contributed by atoms with Crippen LogP contribution in [0.5, 0.6) is 17.4 Å². The van der Waals surface area contributed by atoms with Crippen LogP contribution in [0.25, 0.3) is 0 Å². The van der Waals surface area contributed by atoms with Crippen LogP contribution in [0, 0.1) is 18.2 Å². The van der Waals surface area contributed by atoms with Crippen LogP contribution in [0.4, 0.5) is 4.39 Å². The van der Waals surface area contributed by atoms with Gasteiger partial charge in [0.15, 0.2) is 18.5 Å². The summed E-state index contributed by atoms with van der Waals surface area (Å²) in [6.07, 6.45) is 5.47. The van der Waals surface area contributed by atoms with Gasteiger partial charge >= 0.3 is 5.97 Å². The van der Waals surface area contributed by atoms with Crippen molar-refractivity contribution in [3.63, 3.8) is 0 Å². The summed E-state index contributed by atoms with van der Waals surface area (Å²) >= 11 is 5.62. The van der Waals surface area contributed by atoms with E-state index in [4.69, 9.17) is 32.2 Å². The van der Waals surface area contributed by atoms with Crippen LogP contribution in [-0.2, 0) is 9.53 Å². The average molecular weight is 356 g/mol. The monoisotopic (exact) mass is 355 g/mol. The molecule has 1 atom stereocenters. The molecule has 0 radical (unpaired) electrons. The van der Waals surface area contributed by atoms with Gasteiger partial charge in [0.25, 0.3) is 5.88 Å². The van der Waals surface area contributed by atoms with E-state index in [1.165, 1.54) is 13.1 Å². The molecular formula is C17H13ClFNO4.